The van der Waals surface area contributed by atoms with E-state index < -0.39 is 0 Å². The van der Waals surface area contributed by atoms with Gasteiger partial charge in [0.1, 0.15) is 0 Å². The second-order valence-corrected chi connectivity index (χ2v) is 4.72. The lowest BCUT2D eigenvalue weighted by Crippen LogP contribution is -2.34. The number of hydrogen-bond acceptors (Lipinski definition) is 3. The number of aliphatic hydroxyl groups excluding tert-OH is 1. The summed E-state index contributed by atoms with van der Waals surface area (Å²) in [5.74, 6) is 2.59. The molecule has 0 aliphatic carbocycles. The van der Waals surface area contributed by atoms with Crippen LogP contribution in [0.2, 0.25) is 0 Å². The van der Waals surface area contributed by atoms with Gasteiger partial charge in [-0.2, -0.15) is 11.8 Å². The zero-order valence-corrected chi connectivity index (χ0v) is 8.57. The molecule has 0 saturated carbocycles. The van der Waals surface area contributed by atoms with Gasteiger partial charge in [-0.05, 0) is 37.7 Å². The van der Waals surface area contributed by atoms with Crippen molar-refractivity contribution in [3.63, 3.8) is 0 Å². The second kappa shape index (κ2) is 5.84. The first-order valence-corrected chi connectivity index (χ1v) is 5.93. The maximum absolute atomic E-state index is 9.09. The van der Waals surface area contributed by atoms with Gasteiger partial charge in [-0.25, -0.2) is 0 Å². The maximum atomic E-state index is 9.09. The summed E-state index contributed by atoms with van der Waals surface area (Å²) in [7, 11) is 0. The summed E-state index contributed by atoms with van der Waals surface area (Å²) in [6.07, 6.45) is 3.65. The molecule has 3 heteroatoms. The fourth-order valence-electron chi connectivity index (χ4n) is 1.45. The van der Waals surface area contributed by atoms with Crippen molar-refractivity contribution >= 4 is 11.8 Å². The van der Waals surface area contributed by atoms with Crippen LogP contribution in [0.4, 0.5) is 0 Å². The van der Waals surface area contributed by atoms with Crippen molar-refractivity contribution in [2.45, 2.75) is 38.3 Å². The molecule has 0 radical (unpaired) electrons. The molecule has 1 aliphatic rings. The minimum atomic E-state index is -0.207. The predicted octanol–water partition coefficient (Wildman–Crippen LogP) is 1.24. The van der Waals surface area contributed by atoms with Crippen LogP contribution in [0.15, 0.2) is 0 Å². The van der Waals surface area contributed by atoms with Gasteiger partial charge in [-0.3, -0.25) is 0 Å². The average molecular weight is 189 g/mol. The summed E-state index contributed by atoms with van der Waals surface area (Å²) in [5.41, 5.74) is 0. The highest BCUT2D eigenvalue weighted by molar-refractivity contribution is 7.99. The van der Waals surface area contributed by atoms with Crippen molar-refractivity contribution < 1.29 is 5.11 Å². The van der Waals surface area contributed by atoms with E-state index in [1.807, 2.05) is 6.92 Å². The minimum Gasteiger partial charge on any atom is -0.392 e. The average Bonchev–Trinajstić information content (AvgIpc) is 2.28. The third kappa shape index (κ3) is 4.33. The molecule has 0 aromatic carbocycles. The summed E-state index contributed by atoms with van der Waals surface area (Å²) < 4.78 is 0. The highest BCUT2D eigenvalue weighted by Crippen LogP contribution is 2.16. The van der Waals surface area contributed by atoms with Crippen molar-refractivity contribution in [2.24, 2.45) is 0 Å². The molecule has 12 heavy (non-hydrogen) atoms. The van der Waals surface area contributed by atoms with Crippen LogP contribution in [-0.2, 0) is 0 Å². The molecule has 2 nitrogen and oxygen atoms in total. The Morgan fingerprint density at radius 3 is 3.08 bits per heavy atom. The first-order chi connectivity index (χ1) is 5.79. The molecule has 1 heterocycles. The molecule has 2 N–H and O–H groups in total. The van der Waals surface area contributed by atoms with Gasteiger partial charge in [0.2, 0.25) is 0 Å². The Bertz CT molecular complexity index is 111. The smallest absolute Gasteiger partial charge is 0.0636 e. The Kier molecular flexibility index (Phi) is 5.04. The Hall–Kier alpha value is 0.270. The molecule has 0 aromatic heterocycles. The monoisotopic (exact) mass is 189 g/mol. The van der Waals surface area contributed by atoms with E-state index >= 15 is 0 Å². The van der Waals surface area contributed by atoms with Crippen molar-refractivity contribution in [1.82, 2.24) is 5.32 Å². The fourth-order valence-corrected chi connectivity index (χ4v) is 2.47. The molecule has 0 aromatic rings. The van der Waals surface area contributed by atoms with Crippen LogP contribution in [0.5, 0.6) is 0 Å². The lowest BCUT2D eigenvalue weighted by atomic mass is 10.1. The molecule has 1 fully saturated rings. The minimum absolute atomic E-state index is 0.207. The van der Waals surface area contributed by atoms with E-state index in [0.29, 0.717) is 6.04 Å². The van der Waals surface area contributed by atoms with Gasteiger partial charge in [0.05, 0.1) is 6.10 Å². The number of nitrogens with one attached hydrogen (secondary N) is 1. The van der Waals surface area contributed by atoms with Crippen molar-refractivity contribution in [3.05, 3.63) is 0 Å². The van der Waals surface area contributed by atoms with E-state index in [2.05, 4.69) is 17.1 Å². The highest BCUT2D eigenvalue weighted by atomic mass is 32.2. The van der Waals surface area contributed by atoms with Gasteiger partial charge < -0.3 is 10.4 Å². The van der Waals surface area contributed by atoms with Gasteiger partial charge in [0, 0.05) is 12.6 Å². The van der Waals surface area contributed by atoms with Crippen molar-refractivity contribution in [1.29, 1.82) is 0 Å². The number of rotatable bonds is 3. The van der Waals surface area contributed by atoms with Crippen LogP contribution in [0, 0.1) is 0 Å². The molecule has 1 unspecified atom stereocenters. The normalized spacial score (nSPS) is 28.0. The van der Waals surface area contributed by atoms with E-state index in [4.69, 9.17) is 5.11 Å². The van der Waals surface area contributed by atoms with Gasteiger partial charge in [0.15, 0.2) is 0 Å². The van der Waals surface area contributed by atoms with E-state index in [0.717, 1.165) is 6.54 Å². The Morgan fingerprint density at radius 1 is 1.50 bits per heavy atom. The molecule has 1 rings (SSSR count). The van der Waals surface area contributed by atoms with Crippen LogP contribution in [0.1, 0.15) is 26.2 Å². The first-order valence-electron chi connectivity index (χ1n) is 4.78. The van der Waals surface area contributed by atoms with Gasteiger partial charge in [0.25, 0.3) is 0 Å². The van der Waals surface area contributed by atoms with Crippen LogP contribution in [0.3, 0.4) is 0 Å². The van der Waals surface area contributed by atoms with E-state index in [9.17, 15) is 0 Å². The van der Waals surface area contributed by atoms with E-state index in [-0.39, 0.29) is 6.10 Å². The third-order valence-electron chi connectivity index (χ3n) is 2.15. The Morgan fingerprint density at radius 2 is 2.33 bits per heavy atom. The summed E-state index contributed by atoms with van der Waals surface area (Å²) >= 11 is 2.05. The zero-order chi connectivity index (χ0) is 8.81. The number of hydrogen-bond donors (Lipinski definition) is 2. The topological polar surface area (TPSA) is 32.3 Å². The molecule has 0 amide bonds. The molecule has 0 bridgehead atoms. The largest absolute Gasteiger partial charge is 0.392 e. The quantitative estimate of drug-likeness (QED) is 0.700. The molecule has 1 aliphatic heterocycles. The standard InChI is InChI=1S/C9H19NOS/c1-8(11)7-10-9-3-2-5-12-6-4-9/h8-11H,2-7H2,1H3/t8-,9?/m1/s1. The summed E-state index contributed by atoms with van der Waals surface area (Å²) in [5, 5.41) is 12.5. The molecule has 1 saturated heterocycles. The zero-order valence-electron chi connectivity index (χ0n) is 7.75. The highest BCUT2D eigenvalue weighted by Gasteiger charge is 2.11. The Balaban J connectivity index is 2.12. The SMILES string of the molecule is C[C@@H](O)CNC1CCCSCC1. The van der Waals surface area contributed by atoms with Crippen molar-refractivity contribution in [2.75, 3.05) is 18.1 Å². The molecule has 72 valence electrons. The molecular formula is C9H19NOS. The van der Waals surface area contributed by atoms with Crippen molar-refractivity contribution in [3.8, 4) is 0 Å². The van der Waals surface area contributed by atoms with E-state index in [1.54, 1.807) is 0 Å². The fraction of sp³-hybridized carbons (Fsp3) is 1.00. The molecule has 2 atom stereocenters. The Labute approximate surface area is 79.1 Å². The molecular weight excluding hydrogens is 170 g/mol. The molecule has 0 spiro atoms. The second-order valence-electron chi connectivity index (χ2n) is 3.50. The summed E-state index contributed by atoms with van der Waals surface area (Å²) in [6.45, 7) is 2.58. The predicted molar refractivity (Wildman–Crippen MR) is 54.6 cm³/mol. The van der Waals surface area contributed by atoms with Crippen LogP contribution < -0.4 is 5.32 Å². The van der Waals surface area contributed by atoms with Gasteiger partial charge in [-0.15, -0.1) is 0 Å². The van der Waals surface area contributed by atoms with Crippen LogP contribution in [0.25, 0.3) is 0 Å². The van der Waals surface area contributed by atoms with Gasteiger partial charge >= 0.3 is 0 Å². The summed E-state index contributed by atoms with van der Waals surface area (Å²) in [4.78, 5) is 0. The lowest BCUT2D eigenvalue weighted by Gasteiger charge is -2.16. The van der Waals surface area contributed by atoms with Crippen LogP contribution in [-0.4, -0.2) is 35.3 Å². The first kappa shape index (κ1) is 10.4. The van der Waals surface area contributed by atoms with Gasteiger partial charge in [-0.1, -0.05) is 0 Å². The maximum Gasteiger partial charge on any atom is 0.0636 e. The van der Waals surface area contributed by atoms with Crippen LogP contribution >= 0.6 is 11.8 Å². The third-order valence-corrected chi connectivity index (χ3v) is 3.26. The summed E-state index contributed by atoms with van der Waals surface area (Å²) in [6, 6.07) is 0.648. The number of thioether (sulfide) groups is 1. The number of aliphatic hydroxyl groups is 1. The lowest BCUT2D eigenvalue weighted by molar-refractivity contribution is 0.185. The van der Waals surface area contributed by atoms with E-state index in [1.165, 1.54) is 30.8 Å².